The molecule has 3 rings (SSSR count). The number of nitrogens with one attached hydrogen (secondary N) is 2. The lowest BCUT2D eigenvalue weighted by Crippen LogP contribution is -2.25. The standard InChI is InChI=1S/C24H26ClN3O2/c1-17(29)26-14-8-2-3-9-15-27-24(30)22-16-18-10-4-5-11-19(18)23(28-22)20-12-6-7-13-21(20)25/h4-7,10-13,16H,2-3,8-9,14-15H2,1H3,(H,26,29)(H,27,30). The zero-order valence-electron chi connectivity index (χ0n) is 17.1. The summed E-state index contributed by atoms with van der Waals surface area (Å²) in [5.41, 5.74) is 1.90. The van der Waals surface area contributed by atoms with Gasteiger partial charge in [0.1, 0.15) is 5.69 Å². The normalized spacial score (nSPS) is 10.7. The van der Waals surface area contributed by atoms with Gasteiger partial charge in [-0.2, -0.15) is 0 Å². The fraction of sp³-hybridized carbons (Fsp3) is 0.292. The van der Waals surface area contributed by atoms with Gasteiger partial charge < -0.3 is 10.6 Å². The van der Waals surface area contributed by atoms with Crippen molar-refractivity contribution in [2.45, 2.75) is 32.6 Å². The van der Waals surface area contributed by atoms with Gasteiger partial charge in [-0.1, -0.05) is 66.9 Å². The van der Waals surface area contributed by atoms with Crippen LogP contribution in [0.15, 0.2) is 54.6 Å². The molecule has 3 aromatic rings. The van der Waals surface area contributed by atoms with Crippen LogP contribution < -0.4 is 10.6 Å². The Kier molecular flexibility index (Phi) is 7.80. The molecule has 0 aliphatic rings. The van der Waals surface area contributed by atoms with Gasteiger partial charge in [-0.05, 0) is 30.4 Å². The zero-order chi connectivity index (χ0) is 21.3. The largest absolute Gasteiger partial charge is 0.356 e. The summed E-state index contributed by atoms with van der Waals surface area (Å²) in [5, 5.41) is 8.26. The van der Waals surface area contributed by atoms with E-state index in [1.54, 1.807) is 0 Å². The minimum Gasteiger partial charge on any atom is -0.356 e. The Morgan fingerprint density at radius 1 is 0.900 bits per heavy atom. The minimum absolute atomic E-state index is 0.00121. The molecule has 5 nitrogen and oxygen atoms in total. The second-order valence-corrected chi connectivity index (χ2v) is 7.62. The molecule has 156 valence electrons. The van der Waals surface area contributed by atoms with Crippen molar-refractivity contribution in [1.82, 2.24) is 15.6 Å². The van der Waals surface area contributed by atoms with E-state index in [0.717, 1.165) is 42.0 Å². The fourth-order valence-electron chi connectivity index (χ4n) is 3.33. The first-order valence-electron chi connectivity index (χ1n) is 10.2. The molecule has 0 saturated heterocycles. The molecule has 0 bridgehead atoms. The van der Waals surface area contributed by atoms with E-state index in [1.807, 2.05) is 54.6 Å². The number of hydrogen-bond donors (Lipinski definition) is 2. The number of carbonyl (C=O) groups excluding carboxylic acids is 2. The van der Waals surface area contributed by atoms with Gasteiger partial charge >= 0.3 is 0 Å². The SMILES string of the molecule is CC(=O)NCCCCCCNC(=O)c1cc2ccccc2c(-c2ccccc2Cl)n1. The maximum Gasteiger partial charge on any atom is 0.269 e. The third kappa shape index (κ3) is 5.80. The van der Waals surface area contributed by atoms with Gasteiger partial charge in [0.25, 0.3) is 5.91 Å². The van der Waals surface area contributed by atoms with Crippen molar-refractivity contribution in [2.75, 3.05) is 13.1 Å². The molecule has 0 radical (unpaired) electrons. The number of pyridine rings is 1. The highest BCUT2D eigenvalue weighted by molar-refractivity contribution is 6.33. The van der Waals surface area contributed by atoms with Crippen LogP contribution in [0, 0.1) is 0 Å². The van der Waals surface area contributed by atoms with Crippen molar-refractivity contribution < 1.29 is 9.59 Å². The molecule has 0 atom stereocenters. The molecular weight excluding hydrogens is 398 g/mol. The lowest BCUT2D eigenvalue weighted by atomic mass is 10.0. The van der Waals surface area contributed by atoms with Crippen molar-refractivity contribution in [3.63, 3.8) is 0 Å². The van der Waals surface area contributed by atoms with Crippen LogP contribution in [-0.2, 0) is 4.79 Å². The Balaban J connectivity index is 1.65. The molecule has 0 saturated carbocycles. The fourth-order valence-corrected chi connectivity index (χ4v) is 3.56. The number of nitrogens with zero attached hydrogens (tertiary/aromatic N) is 1. The van der Waals surface area contributed by atoms with E-state index in [1.165, 1.54) is 6.92 Å². The molecule has 30 heavy (non-hydrogen) atoms. The quantitative estimate of drug-likeness (QED) is 0.477. The summed E-state index contributed by atoms with van der Waals surface area (Å²) in [6, 6.07) is 17.2. The summed E-state index contributed by atoms with van der Waals surface area (Å²) in [5.74, 6) is -0.186. The van der Waals surface area contributed by atoms with E-state index in [9.17, 15) is 9.59 Å². The van der Waals surface area contributed by atoms with Crippen LogP contribution in [0.5, 0.6) is 0 Å². The lowest BCUT2D eigenvalue weighted by Gasteiger charge is -2.11. The van der Waals surface area contributed by atoms with Crippen LogP contribution in [0.3, 0.4) is 0 Å². The highest BCUT2D eigenvalue weighted by atomic mass is 35.5. The topological polar surface area (TPSA) is 71.1 Å². The average molecular weight is 424 g/mol. The zero-order valence-corrected chi connectivity index (χ0v) is 17.8. The van der Waals surface area contributed by atoms with Crippen LogP contribution in [0.4, 0.5) is 0 Å². The first-order chi connectivity index (χ1) is 14.6. The molecule has 0 fully saturated rings. The molecule has 2 amide bonds. The van der Waals surface area contributed by atoms with Crippen molar-refractivity contribution in [3.8, 4) is 11.3 Å². The van der Waals surface area contributed by atoms with E-state index in [4.69, 9.17) is 11.6 Å². The molecule has 0 spiro atoms. The summed E-state index contributed by atoms with van der Waals surface area (Å²) >= 11 is 6.40. The number of rotatable bonds is 9. The van der Waals surface area contributed by atoms with Crippen molar-refractivity contribution >= 4 is 34.2 Å². The molecule has 6 heteroatoms. The smallest absolute Gasteiger partial charge is 0.269 e. The van der Waals surface area contributed by atoms with Crippen LogP contribution in [0.1, 0.15) is 43.1 Å². The maximum absolute atomic E-state index is 12.7. The predicted octanol–water partition coefficient (Wildman–Crippen LogP) is 4.98. The summed E-state index contributed by atoms with van der Waals surface area (Å²) < 4.78 is 0. The summed E-state index contributed by atoms with van der Waals surface area (Å²) in [4.78, 5) is 28.2. The van der Waals surface area contributed by atoms with Crippen LogP contribution in [0.2, 0.25) is 5.02 Å². The van der Waals surface area contributed by atoms with Gasteiger partial charge in [-0.15, -0.1) is 0 Å². The maximum atomic E-state index is 12.7. The van der Waals surface area contributed by atoms with Gasteiger partial charge in [0.2, 0.25) is 5.91 Å². The number of unbranched alkanes of at least 4 members (excludes halogenated alkanes) is 3. The van der Waals surface area contributed by atoms with Gasteiger partial charge in [0.05, 0.1) is 5.69 Å². The highest BCUT2D eigenvalue weighted by Gasteiger charge is 2.14. The van der Waals surface area contributed by atoms with E-state index in [0.29, 0.717) is 29.5 Å². The van der Waals surface area contributed by atoms with E-state index in [2.05, 4.69) is 15.6 Å². The first-order valence-corrected chi connectivity index (χ1v) is 10.6. The Labute approximate surface area is 181 Å². The van der Waals surface area contributed by atoms with Gasteiger partial charge in [-0.3, -0.25) is 9.59 Å². The number of benzene rings is 2. The summed E-state index contributed by atoms with van der Waals surface area (Å²) in [6.45, 7) is 2.82. The molecule has 1 aromatic heterocycles. The van der Waals surface area contributed by atoms with Crippen LogP contribution >= 0.6 is 11.6 Å². The second kappa shape index (κ2) is 10.7. The van der Waals surface area contributed by atoms with Gasteiger partial charge in [0, 0.05) is 36.0 Å². The minimum atomic E-state index is -0.188. The predicted molar refractivity (Wildman–Crippen MR) is 122 cm³/mol. The molecule has 1 heterocycles. The van der Waals surface area contributed by atoms with Crippen LogP contribution in [0.25, 0.3) is 22.0 Å². The monoisotopic (exact) mass is 423 g/mol. The van der Waals surface area contributed by atoms with E-state index < -0.39 is 0 Å². The van der Waals surface area contributed by atoms with E-state index in [-0.39, 0.29) is 11.8 Å². The van der Waals surface area contributed by atoms with Crippen molar-refractivity contribution in [1.29, 1.82) is 0 Å². The molecule has 0 unspecified atom stereocenters. The van der Waals surface area contributed by atoms with Crippen molar-refractivity contribution in [2.24, 2.45) is 0 Å². The molecule has 2 aromatic carbocycles. The molecular formula is C24H26ClN3O2. The van der Waals surface area contributed by atoms with Crippen molar-refractivity contribution in [3.05, 3.63) is 65.3 Å². The summed E-state index contributed by atoms with van der Waals surface area (Å²) in [6.07, 6.45) is 3.84. The average Bonchev–Trinajstić information content (AvgIpc) is 2.75. The van der Waals surface area contributed by atoms with Gasteiger partial charge in [0.15, 0.2) is 0 Å². The summed E-state index contributed by atoms with van der Waals surface area (Å²) in [7, 11) is 0. The molecule has 0 aliphatic heterocycles. The number of carbonyl (C=O) groups is 2. The first kappa shape index (κ1) is 21.8. The Hall–Kier alpha value is -2.92. The highest BCUT2D eigenvalue weighted by Crippen LogP contribution is 2.32. The second-order valence-electron chi connectivity index (χ2n) is 7.21. The number of fused-ring (bicyclic) bond motifs is 1. The molecule has 2 N–H and O–H groups in total. The van der Waals surface area contributed by atoms with E-state index >= 15 is 0 Å². The lowest BCUT2D eigenvalue weighted by molar-refractivity contribution is -0.118. The Morgan fingerprint density at radius 3 is 2.30 bits per heavy atom. The Bertz CT molecular complexity index is 1040. The Morgan fingerprint density at radius 2 is 1.57 bits per heavy atom. The third-order valence-corrected chi connectivity index (χ3v) is 5.19. The number of amides is 2. The molecule has 0 aliphatic carbocycles. The van der Waals surface area contributed by atoms with Gasteiger partial charge in [-0.25, -0.2) is 4.98 Å². The number of halogens is 1. The number of aromatic nitrogens is 1. The number of hydrogen-bond acceptors (Lipinski definition) is 3. The third-order valence-electron chi connectivity index (χ3n) is 4.87. The van der Waals surface area contributed by atoms with Crippen LogP contribution in [-0.4, -0.2) is 29.9 Å².